The third kappa shape index (κ3) is 3.38. The summed E-state index contributed by atoms with van der Waals surface area (Å²) in [7, 11) is 0. The molecule has 1 aliphatic rings. The van der Waals surface area contributed by atoms with Gasteiger partial charge in [-0.25, -0.2) is 4.98 Å². The predicted molar refractivity (Wildman–Crippen MR) is 83.5 cm³/mol. The number of nitrogens with zero attached hydrogens (tertiary/aromatic N) is 1. The maximum Gasteiger partial charge on any atom is 0.113 e. The number of thiazole rings is 1. The molecule has 2 atom stereocenters. The van der Waals surface area contributed by atoms with Crippen LogP contribution in [0.5, 0.6) is 0 Å². The van der Waals surface area contributed by atoms with Crippen LogP contribution in [-0.2, 0) is 11.0 Å². The highest BCUT2D eigenvalue weighted by Gasteiger charge is 2.34. The molecule has 19 heavy (non-hydrogen) atoms. The molecule has 1 aliphatic carbocycles. The van der Waals surface area contributed by atoms with Crippen molar-refractivity contribution in [2.45, 2.75) is 77.2 Å². The van der Waals surface area contributed by atoms with Crippen molar-refractivity contribution in [3.8, 4) is 0 Å². The molecule has 2 N–H and O–H groups in total. The third-order valence-corrected chi connectivity index (χ3v) is 5.57. The maximum atomic E-state index is 6.70. The zero-order valence-corrected chi connectivity index (χ0v) is 13.6. The first kappa shape index (κ1) is 15.0. The first-order valence-corrected chi connectivity index (χ1v) is 8.48. The van der Waals surface area contributed by atoms with Crippen molar-refractivity contribution in [2.75, 3.05) is 0 Å². The Morgan fingerprint density at radius 2 is 2.11 bits per heavy atom. The average Bonchev–Trinajstić information content (AvgIpc) is 2.76. The van der Waals surface area contributed by atoms with Gasteiger partial charge in [-0.3, -0.25) is 0 Å². The Hall–Kier alpha value is -0.410. The first-order valence-electron chi connectivity index (χ1n) is 7.60. The highest BCUT2D eigenvalue weighted by Crippen LogP contribution is 2.39. The maximum absolute atomic E-state index is 6.70. The Kier molecular flexibility index (Phi) is 4.36. The Morgan fingerprint density at radius 3 is 2.68 bits per heavy atom. The van der Waals surface area contributed by atoms with Crippen LogP contribution in [-0.4, -0.2) is 4.98 Å². The lowest BCUT2D eigenvalue weighted by molar-refractivity contribution is 0.368. The number of aromatic nitrogens is 1. The third-order valence-electron chi connectivity index (χ3n) is 4.51. The fourth-order valence-corrected chi connectivity index (χ4v) is 4.13. The number of rotatable bonds is 2. The summed E-state index contributed by atoms with van der Waals surface area (Å²) in [6.45, 7) is 8.95. The Morgan fingerprint density at radius 1 is 1.37 bits per heavy atom. The molecule has 2 rings (SSSR count). The van der Waals surface area contributed by atoms with Gasteiger partial charge in [-0.15, -0.1) is 11.3 Å². The fourth-order valence-electron chi connectivity index (χ4n) is 2.91. The zero-order chi connectivity index (χ0) is 14.1. The van der Waals surface area contributed by atoms with Crippen LogP contribution < -0.4 is 5.73 Å². The average molecular weight is 280 g/mol. The summed E-state index contributed by atoms with van der Waals surface area (Å²) in [5, 5.41) is 3.36. The van der Waals surface area contributed by atoms with Crippen LogP contribution in [0, 0.1) is 5.92 Å². The fraction of sp³-hybridized carbons (Fsp3) is 0.812. The quantitative estimate of drug-likeness (QED) is 0.805. The lowest BCUT2D eigenvalue weighted by Gasteiger charge is -2.26. The van der Waals surface area contributed by atoms with E-state index in [9.17, 15) is 0 Å². The minimum atomic E-state index is -0.169. The van der Waals surface area contributed by atoms with E-state index in [1.165, 1.54) is 31.4 Å². The van der Waals surface area contributed by atoms with Crippen LogP contribution in [0.4, 0.5) is 0 Å². The molecule has 3 heteroatoms. The molecule has 0 amide bonds. The predicted octanol–water partition coefficient (Wildman–Crippen LogP) is 4.58. The van der Waals surface area contributed by atoms with Crippen LogP contribution in [0.25, 0.3) is 0 Å². The van der Waals surface area contributed by atoms with E-state index in [-0.39, 0.29) is 11.0 Å². The van der Waals surface area contributed by atoms with E-state index in [1.54, 1.807) is 11.3 Å². The summed E-state index contributed by atoms with van der Waals surface area (Å²) < 4.78 is 0. The lowest BCUT2D eigenvalue weighted by atomic mass is 9.90. The van der Waals surface area contributed by atoms with E-state index >= 15 is 0 Å². The molecular weight excluding hydrogens is 252 g/mol. The minimum absolute atomic E-state index is 0.127. The summed E-state index contributed by atoms with van der Waals surface area (Å²) in [5.74, 6) is 0.868. The van der Waals surface area contributed by atoms with E-state index < -0.39 is 0 Å². The molecule has 2 nitrogen and oxygen atoms in total. The molecule has 1 heterocycles. The molecule has 108 valence electrons. The Bertz CT molecular complexity index is 419. The Labute approximate surface area is 121 Å². The largest absolute Gasteiger partial charge is 0.319 e. The van der Waals surface area contributed by atoms with Gasteiger partial charge in [0.15, 0.2) is 0 Å². The molecule has 0 spiro atoms. The van der Waals surface area contributed by atoms with Gasteiger partial charge in [0.2, 0.25) is 0 Å². The molecule has 0 aromatic carbocycles. The summed E-state index contributed by atoms with van der Waals surface area (Å²) >= 11 is 1.76. The van der Waals surface area contributed by atoms with Crippen LogP contribution >= 0.6 is 11.3 Å². The normalized spacial score (nSPS) is 29.2. The molecule has 0 radical (unpaired) electrons. The highest BCUT2D eigenvalue weighted by atomic mass is 32.1. The van der Waals surface area contributed by atoms with Gasteiger partial charge >= 0.3 is 0 Å². The van der Waals surface area contributed by atoms with Gasteiger partial charge in [-0.05, 0) is 25.2 Å². The van der Waals surface area contributed by atoms with Crippen LogP contribution in [0.1, 0.15) is 76.9 Å². The molecule has 1 aromatic rings. The van der Waals surface area contributed by atoms with Crippen molar-refractivity contribution >= 4 is 11.3 Å². The lowest BCUT2D eigenvalue weighted by Crippen LogP contribution is -2.36. The standard InChI is InChI=1S/C16H28N2S/c1-5-12-7-6-9-16(17,10-8-12)14-18-13(11-19-14)15(2,3)4/h11-12H,5-10,17H2,1-4H3. The summed E-state index contributed by atoms with van der Waals surface area (Å²) in [6.07, 6.45) is 7.34. The highest BCUT2D eigenvalue weighted by molar-refractivity contribution is 7.09. The van der Waals surface area contributed by atoms with E-state index in [4.69, 9.17) is 10.7 Å². The second-order valence-corrected chi connectivity index (χ2v) is 8.01. The number of hydrogen-bond acceptors (Lipinski definition) is 3. The van der Waals surface area contributed by atoms with Crippen molar-refractivity contribution in [3.63, 3.8) is 0 Å². The molecular formula is C16H28N2S. The second-order valence-electron chi connectivity index (χ2n) is 7.15. The molecule has 2 unspecified atom stereocenters. The van der Waals surface area contributed by atoms with Crippen LogP contribution in [0.15, 0.2) is 5.38 Å². The molecule has 0 bridgehead atoms. The van der Waals surface area contributed by atoms with Crippen LogP contribution in [0.3, 0.4) is 0 Å². The second kappa shape index (κ2) is 5.53. The SMILES string of the molecule is CCC1CCCC(N)(c2nc(C(C)(C)C)cs2)CC1. The van der Waals surface area contributed by atoms with Gasteiger partial charge < -0.3 is 5.73 Å². The molecule has 0 aliphatic heterocycles. The van der Waals surface area contributed by atoms with Crippen molar-refractivity contribution in [1.29, 1.82) is 0 Å². The minimum Gasteiger partial charge on any atom is -0.319 e. The van der Waals surface area contributed by atoms with Gasteiger partial charge in [0.05, 0.1) is 11.2 Å². The topological polar surface area (TPSA) is 38.9 Å². The molecule has 1 aromatic heterocycles. The van der Waals surface area contributed by atoms with Gasteiger partial charge in [-0.2, -0.15) is 0 Å². The van der Waals surface area contributed by atoms with Gasteiger partial charge in [0.1, 0.15) is 5.01 Å². The van der Waals surface area contributed by atoms with E-state index in [0.29, 0.717) is 0 Å². The summed E-state index contributed by atoms with van der Waals surface area (Å²) in [4.78, 5) is 4.86. The molecule has 0 saturated heterocycles. The van der Waals surface area contributed by atoms with Crippen molar-refractivity contribution in [1.82, 2.24) is 4.98 Å². The van der Waals surface area contributed by atoms with Crippen molar-refractivity contribution < 1.29 is 0 Å². The molecule has 1 fully saturated rings. The monoisotopic (exact) mass is 280 g/mol. The van der Waals surface area contributed by atoms with E-state index in [2.05, 4.69) is 33.1 Å². The summed E-state index contributed by atoms with van der Waals surface area (Å²) in [5.41, 5.74) is 7.85. The van der Waals surface area contributed by atoms with E-state index in [1.807, 2.05) is 0 Å². The zero-order valence-electron chi connectivity index (χ0n) is 12.8. The first-order chi connectivity index (χ1) is 8.85. The van der Waals surface area contributed by atoms with Gasteiger partial charge in [0, 0.05) is 10.8 Å². The van der Waals surface area contributed by atoms with Crippen molar-refractivity contribution in [3.05, 3.63) is 16.1 Å². The number of hydrogen-bond donors (Lipinski definition) is 1. The smallest absolute Gasteiger partial charge is 0.113 e. The van der Waals surface area contributed by atoms with Gasteiger partial charge in [-0.1, -0.05) is 47.0 Å². The Balaban J connectivity index is 2.17. The summed E-state index contributed by atoms with van der Waals surface area (Å²) in [6, 6.07) is 0. The van der Waals surface area contributed by atoms with E-state index in [0.717, 1.165) is 23.8 Å². The van der Waals surface area contributed by atoms with Crippen LogP contribution in [0.2, 0.25) is 0 Å². The molecule has 1 saturated carbocycles. The van der Waals surface area contributed by atoms with Gasteiger partial charge in [0.25, 0.3) is 0 Å². The number of nitrogens with two attached hydrogens (primary N) is 1. The van der Waals surface area contributed by atoms with Crippen molar-refractivity contribution in [2.24, 2.45) is 11.7 Å².